The van der Waals surface area contributed by atoms with Crippen LogP contribution in [0.15, 0.2) is 23.1 Å². The molecule has 0 atom stereocenters. The molecule has 0 aromatic heterocycles. The Bertz CT molecular complexity index is 529. The van der Waals surface area contributed by atoms with Crippen molar-refractivity contribution in [2.24, 2.45) is 0 Å². The van der Waals surface area contributed by atoms with Crippen molar-refractivity contribution in [1.82, 2.24) is 9.62 Å². The molecule has 4 nitrogen and oxygen atoms in total. The molecule has 0 aliphatic rings. The lowest BCUT2D eigenvalue weighted by atomic mass is 10.2. The number of halogens is 1. The number of rotatable bonds is 6. The largest absolute Gasteiger partial charge is 0.310 e. The van der Waals surface area contributed by atoms with E-state index in [4.69, 9.17) is 0 Å². The van der Waals surface area contributed by atoms with E-state index in [9.17, 15) is 12.8 Å². The molecule has 1 rings (SSSR count). The van der Waals surface area contributed by atoms with Crippen molar-refractivity contribution in [1.29, 1.82) is 0 Å². The number of hydrogen-bond donors (Lipinski definition) is 1. The van der Waals surface area contributed by atoms with Gasteiger partial charge in [0.15, 0.2) is 0 Å². The summed E-state index contributed by atoms with van der Waals surface area (Å²) in [6, 6.07) is 4.10. The number of nitrogens with one attached hydrogen (secondary N) is 1. The van der Waals surface area contributed by atoms with Gasteiger partial charge in [-0.1, -0.05) is 20.8 Å². The van der Waals surface area contributed by atoms with Crippen LogP contribution in [0.5, 0.6) is 0 Å². The lowest BCUT2D eigenvalue weighted by molar-refractivity contribution is 0.485. The second-order valence-corrected chi connectivity index (χ2v) is 6.75. The quantitative estimate of drug-likeness (QED) is 0.870. The van der Waals surface area contributed by atoms with Crippen molar-refractivity contribution in [3.8, 4) is 0 Å². The number of nitrogens with zero attached hydrogens (tertiary/aromatic N) is 1. The van der Waals surface area contributed by atoms with Crippen molar-refractivity contribution in [2.45, 2.75) is 38.3 Å². The zero-order chi connectivity index (χ0) is 14.6. The molecule has 0 unspecified atom stereocenters. The summed E-state index contributed by atoms with van der Waals surface area (Å²) < 4.78 is 39.2. The van der Waals surface area contributed by atoms with Crippen LogP contribution < -0.4 is 5.32 Å². The normalized spacial score (nSPS) is 12.4. The van der Waals surface area contributed by atoms with E-state index >= 15 is 0 Å². The van der Waals surface area contributed by atoms with Crippen LogP contribution in [0, 0.1) is 5.82 Å². The van der Waals surface area contributed by atoms with Gasteiger partial charge < -0.3 is 5.32 Å². The molecular weight excluding hydrogens is 267 g/mol. The fraction of sp³-hybridized carbons (Fsp3) is 0.538. The second-order valence-electron chi connectivity index (χ2n) is 4.71. The second kappa shape index (κ2) is 6.45. The molecule has 19 heavy (non-hydrogen) atoms. The number of benzene rings is 1. The van der Waals surface area contributed by atoms with Gasteiger partial charge >= 0.3 is 0 Å². The summed E-state index contributed by atoms with van der Waals surface area (Å²) in [5, 5.41) is 3.08. The highest BCUT2D eigenvalue weighted by molar-refractivity contribution is 7.89. The predicted molar refractivity (Wildman–Crippen MR) is 73.9 cm³/mol. The van der Waals surface area contributed by atoms with Crippen LogP contribution in [0.3, 0.4) is 0 Å². The average Bonchev–Trinajstić information content (AvgIpc) is 2.36. The molecule has 0 saturated carbocycles. The van der Waals surface area contributed by atoms with E-state index in [-0.39, 0.29) is 10.9 Å². The Morgan fingerprint density at radius 3 is 2.53 bits per heavy atom. The fourth-order valence-corrected chi connectivity index (χ4v) is 2.74. The highest BCUT2D eigenvalue weighted by Crippen LogP contribution is 2.18. The summed E-state index contributed by atoms with van der Waals surface area (Å²) in [4.78, 5) is 0.124. The molecule has 0 bridgehead atoms. The summed E-state index contributed by atoms with van der Waals surface area (Å²) >= 11 is 0. The summed E-state index contributed by atoms with van der Waals surface area (Å²) in [5.41, 5.74) is 0.360. The molecule has 0 spiro atoms. The first kappa shape index (κ1) is 16.1. The fourth-order valence-electron chi connectivity index (χ4n) is 1.51. The van der Waals surface area contributed by atoms with Gasteiger partial charge in [0.2, 0.25) is 10.0 Å². The van der Waals surface area contributed by atoms with E-state index < -0.39 is 15.8 Å². The van der Waals surface area contributed by atoms with Crippen LogP contribution in [-0.2, 0) is 16.6 Å². The van der Waals surface area contributed by atoms with Crippen molar-refractivity contribution in [2.75, 3.05) is 13.6 Å². The lowest BCUT2D eigenvalue weighted by Gasteiger charge is -2.16. The van der Waals surface area contributed by atoms with Gasteiger partial charge in [0.25, 0.3) is 0 Å². The monoisotopic (exact) mass is 288 g/mol. The smallest absolute Gasteiger partial charge is 0.242 e. The van der Waals surface area contributed by atoms with Gasteiger partial charge in [-0.05, 0) is 18.2 Å². The topological polar surface area (TPSA) is 49.4 Å². The summed E-state index contributed by atoms with van der Waals surface area (Å²) in [5.74, 6) is -0.397. The minimum atomic E-state index is -3.53. The van der Waals surface area contributed by atoms with Crippen LogP contribution in [0.25, 0.3) is 0 Å². The summed E-state index contributed by atoms with van der Waals surface area (Å²) in [6.07, 6.45) is 0. The summed E-state index contributed by atoms with van der Waals surface area (Å²) in [7, 11) is -2.02. The third-order valence-electron chi connectivity index (χ3n) is 2.87. The molecule has 1 aromatic rings. The molecular formula is C13H21FN2O2S. The molecule has 0 saturated heterocycles. The van der Waals surface area contributed by atoms with E-state index in [1.54, 1.807) is 6.92 Å². The van der Waals surface area contributed by atoms with Crippen molar-refractivity contribution >= 4 is 10.0 Å². The predicted octanol–water partition coefficient (Wildman–Crippen LogP) is 1.96. The van der Waals surface area contributed by atoms with Gasteiger partial charge in [-0.15, -0.1) is 0 Å². The zero-order valence-electron chi connectivity index (χ0n) is 11.8. The van der Waals surface area contributed by atoms with Crippen LogP contribution in [0.4, 0.5) is 4.39 Å². The molecule has 6 heteroatoms. The van der Waals surface area contributed by atoms with Gasteiger partial charge in [-0.3, -0.25) is 0 Å². The van der Waals surface area contributed by atoms with Crippen LogP contribution in [0.2, 0.25) is 0 Å². The third kappa shape index (κ3) is 3.99. The van der Waals surface area contributed by atoms with Crippen LogP contribution in [-0.4, -0.2) is 32.4 Å². The Kier molecular flexibility index (Phi) is 5.46. The Morgan fingerprint density at radius 1 is 1.37 bits per heavy atom. The van der Waals surface area contributed by atoms with Crippen LogP contribution in [0.1, 0.15) is 26.3 Å². The van der Waals surface area contributed by atoms with Crippen molar-refractivity contribution < 1.29 is 12.8 Å². The van der Waals surface area contributed by atoms with E-state index in [2.05, 4.69) is 5.32 Å². The lowest BCUT2D eigenvalue weighted by Crippen LogP contribution is -2.27. The molecule has 0 heterocycles. The maximum absolute atomic E-state index is 13.6. The molecule has 108 valence electrons. The maximum Gasteiger partial charge on any atom is 0.242 e. The maximum atomic E-state index is 13.6. The SMILES string of the molecule is CCN(C)S(=O)(=O)c1ccc(F)c(CNC(C)C)c1. The molecule has 1 aromatic carbocycles. The van der Waals surface area contributed by atoms with E-state index in [1.807, 2.05) is 13.8 Å². The highest BCUT2D eigenvalue weighted by Gasteiger charge is 2.20. The standard InChI is InChI=1S/C13H21FN2O2S/c1-5-16(4)19(17,18)12-6-7-13(14)11(8-12)9-15-10(2)3/h6-8,10,15H,5,9H2,1-4H3. The van der Waals surface area contributed by atoms with Gasteiger partial charge in [-0.2, -0.15) is 0 Å². The first-order valence-corrected chi connectivity index (χ1v) is 7.71. The summed E-state index contributed by atoms with van der Waals surface area (Å²) in [6.45, 7) is 6.33. The van der Waals surface area contributed by atoms with Gasteiger partial charge in [0.05, 0.1) is 4.90 Å². The Morgan fingerprint density at radius 2 is 2.00 bits per heavy atom. The molecule has 0 radical (unpaired) electrons. The Balaban J connectivity index is 3.08. The molecule has 0 fully saturated rings. The molecule has 0 aliphatic carbocycles. The van der Waals surface area contributed by atoms with E-state index in [1.165, 1.54) is 29.6 Å². The van der Waals surface area contributed by atoms with Gasteiger partial charge in [0.1, 0.15) is 5.82 Å². The first-order chi connectivity index (χ1) is 8.78. The molecule has 0 aliphatic heterocycles. The first-order valence-electron chi connectivity index (χ1n) is 6.27. The Labute approximate surface area is 114 Å². The third-order valence-corrected chi connectivity index (χ3v) is 4.80. The zero-order valence-corrected chi connectivity index (χ0v) is 12.6. The highest BCUT2D eigenvalue weighted by atomic mass is 32.2. The van der Waals surface area contributed by atoms with Gasteiger partial charge in [0, 0.05) is 31.7 Å². The number of hydrogen-bond acceptors (Lipinski definition) is 3. The van der Waals surface area contributed by atoms with E-state index in [0.717, 1.165) is 0 Å². The minimum absolute atomic E-state index is 0.124. The van der Waals surface area contributed by atoms with E-state index in [0.29, 0.717) is 18.7 Å². The average molecular weight is 288 g/mol. The van der Waals surface area contributed by atoms with Crippen molar-refractivity contribution in [3.05, 3.63) is 29.6 Å². The van der Waals surface area contributed by atoms with Gasteiger partial charge in [-0.25, -0.2) is 17.1 Å². The van der Waals surface area contributed by atoms with Crippen molar-refractivity contribution in [3.63, 3.8) is 0 Å². The molecule has 1 N–H and O–H groups in total. The van der Waals surface area contributed by atoms with Crippen LogP contribution >= 0.6 is 0 Å². The molecule has 0 amide bonds. The minimum Gasteiger partial charge on any atom is -0.310 e. The Hall–Kier alpha value is -0.980. The number of sulfonamides is 1.